The Morgan fingerprint density at radius 3 is 2.73 bits per heavy atom. The maximum Gasteiger partial charge on any atom is 0.216 e. The molecular formula is C16H25NO4S. The number of ether oxygens (including phenoxy) is 1. The fraction of sp³-hybridized carbons (Fsp3) is 0.625. The van der Waals surface area contributed by atoms with E-state index >= 15 is 0 Å². The molecule has 1 saturated heterocycles. The van der Waals surface area contributed by atoms with Gasteiger partial charge in [-0.3, -0.25) is 0 Å². The summed E-state index contributed by atoms with van der Waals surface area (Å²) < 4.78 is 32.0. The summed E-state index contributed by atoms with van der Waals surface area (Å²) in [5.41, 5.74) is 1.31. The number of aliphatic hydroxyl groups excluding tert-OH is 1. The van der Waals surface area contributed by atoms with Crippen LogP contribution in [0.5, 0.6) is 0 Å². The van der Waals surface area contributed by atoms with Gasteiger partial charge in [0.05, 0.1) is 18.5 Å². The summed E-state index contributed by atoms with van der Waals surface area (Å²) in [6, 6.07) is 7.98. The standard InChI is InChI=1S/C16H25NO4S/c1-13(2)22(19,20)17-7-8-21-16(11-17,12-18)10-15-6-4-5-14(3)9-15/h4-6,9,13,18H,7-8,10-12H2,1-3H3/t16-/m0/s1. The zero-order chi connectivity index (χ0) is 16.4. The molecule has 0 spiro atoms. The lowest BCUT2D eigenvalue weighted by molar-refractivity contribution is -0.115. The second kappa shape index (κ2) is 6.66. The van der Waals surface area contributed by atoms with Crippen molar-refractivity contribution in [1.29, 1.82) is 0 Å². The third-order valence-electron chi connectivity index (χ3n) is 4.07. The molecule has 1 aromatic carbocycles. The van der Waals surface area contributed by atoms with Gasteiger partial charge in [-0.05, 0) is 26.3 Å². The molecule has 1 N–H and O–H groups in total. The van der Waals surface area contributed by atoms with Gasteiger partial charge < -0.3 is 9.84 Å². The van der Waals surface area contributed by atoms with E-state index in [9.17, 15) is 13.5 Å². The number of aliphatic hydroxyl groups is 1. The lowest BCUT2D eigenvalue weighted by atomic mass is 9.93. The van der Waals surface area contributed by atoms with Crippen LogP contribution < -0.4 is 0 Å². The summed E-state index contributed by atoms with van der Waals surface area (Å²) in [4.78, 5) is 0. The van der Waals surface area contributed by atoms with E-state index in [-0.39, 0.29) is 13.2 Å². The van der Waals surface area contributed by atoms with Crippen LogP contribution in [0, 0.1) is 6.92 Å². The first-order valence-electron chi connectivity index (χ1n) is 7.58. The minimum atomic E-state index is -3.34. The van der Waals surface area contributed by atoms with E-state index in [1.54, 1.807) is 13.8 Å². The molecule has 1 heterocycles. The van der Waals surface area contributed by atoms with Gasteiger partial charge in [0.1, 0.15) is 5.60 Å². The molecule has 0 aliphatic carbocycles. The first-order valence-corrected chi connectivity index (χ1v) is 9.09. The number of sulfonamides is 1. The highest BCUT2D eigenvalue weighted by atomic mass is 32.2. The molecular weight excluding hydrogens is 302 g/mol. The first kappa shape index (κ1) is 17.4. The zero-order valence-electron chi connectivity index (χ0n) is 13.4. The van der Waals surface area contributed by atoms with Crippen molar-refractivity contribution in [1.82, 2.24) is 4.31 Å². The molecule has 5 nitrogen and oxygen atoms in total. The van der Waals surface area contributed by atoms with Crippen LogP contribution in [-0.4, -0.2) is 55.0 Å². The molecule has 1 atom stereocenters. The molecule has 124 valence electrons. The van der Waals surface area contributed by atoms with Crippen molar-refractivity contribution in [2.75, 3.05) is 26.3 Å². The molecule has 6 heteroatoms. The predicted octanol–water partition coefficient (Wildman–Crippen LogP) is 1.34. The molecule has 1 fully saturated rings. The number of benzene rings is 1. The highest BCUT2D eigenvalue weighted by Gasteiger charge is 2.41. The molecule has 1 aliphatic heterocycles. The molecule has 0 saturated carbocycles. The summed E-state index contributed by atoms with van der Waals surface area (Å²) in [7, 11) is -3.34. The van der Waals surface area contributed by atoms with Gasteiger partial charge in [0, 0.05) is 19.5 Å². The molecule has 1 aliphatic rings. The highest BCUT2D eigenvalue weighted by Crippen LogP contribution is 2.26. The Hall–Kier alpha value is -0.950. The van der Waals surface area contributed by atoms with Gasteiger partial charge >= 0.3 is 0 Å². The van der Waals surface area contributed by atoms with E-state index in [1.165, 1.54) is 4.31 Å². The van der Waals surface area contributed by atoms with E-state index < -0.39 is 20.9 Å². The van der Waals surface area contributed by atoms with E-state index in [1.807, 2.05) is 31.2 Å². The van der Waals surface area contributed by atoms with E-state index in [4.69, 9.17) is 4.74 Å². The van der Waals surface area contributed by atoms with Crippen LogP contribution >= 0.6 is 0 Å². The van der Waals surface area contributed by atoms with Gasteiger partial charge in [-0.25, -0.2) is 8.42 Å². The van der Waals surface area contributed by atoms with Crippen molar-refractivity contribution < 1.29 is 18.3 Å². The fourth-order valence-corrected chi connectivity index (χ4v) is 4.12. The predicted molar refractivity (Wildman–Crippen MR) is 86.3 cm³/mol. The SMILES string of the molecule is Cc1cccc(C[C@@]2(CO)CN(S(=O)(=O)C(C)C)CCO2)c1. The summed E-state index contributed by atoms with van der Waals surface area (Å²) in [6.07, 6.45) is 0.495. The fourth-order valence-electron chi connectivity index (χ4n) is 2.78. The van der Waals surface area contributed by atoms with Crippen molar-refractivity contribution in [3.05, 3.63) is 35.4 Å². The Bertz CT molecular complexity index is 614. The number of hydrogen-bond donors (Lipinski definition) is 1. The molecule has 0 amide bonds. The molecule has 2 rings (SSSR count). The average molecular weight is 327 g/mol. The highest BCUT2D eigenvalue weighted by molar-refractivity contribution is 7.89. The number of nitrogens with zero attached hydrogens (tertiary/aromatic N) is 1. The van der Waals surface area contributed by atoms with Gasteiger partial charge in [0.2, 0.25) is 10.0 Å². The molecule has 0 aromatic heterocycles. The minimum Gasteiger partial charge on any atom is -0.393 e. The molecule has 22 heavy (non-hydrogen) atoms. The Morgan fingerprint density at radius 1 is 1.41 bits per heavy atom. The topological polar surface area (TPSA) is 66.8 Å². The quantitative estimate of drug-likeness (QED) is 0.886. The van der Waals surface area contributed by atoms with Crippen LogP contribution in [0.15, 0.2) is 24.3 Å². The minimum absolute atomic E-state index is 0.192. The van der Waals surface area contributed by atoms with Crippen LogP contribution in [0.2, 0.25) is 0 Å². The first-order chi connectivity index (χ1) is 10.3. The normalized spacial score (nSPS) is 23.9. The Kier molecular flexibility index (Phi) is 5.27. The molecule has 0 radical (unpaired) electrons. The van der Waals surface area contributed by atoms with Gasteiger partial charge in [-0.1, -0.05) is 29.8 Å². The van der Waals surface area contributed by atoms with E-state index in [0.717, 1.165) is 11.1 Å². The van der Waals surface area contributed by atoms with Gasteiger partial charge in [0.15, 0.2) is 0 Å². The molecule has 0 bridgehead atoms. The second-order valence-electron chi connectivity index (χ2n) is 6.28. The number of hydrogen-bond acceptors (Lipinski definition) is 4. The maximum atomic E-state index is 12.4. The Morgan fingerprint density at radius 2 is 2.14 bits per heavy atom. The van der Waals surface area contributed by atoms with Crippen LogP contribution in [0.3, 0.4) is 0 Å². The maximum absolute atomic E-state index is 12.4. The van der Waals surface area contributed by atoms with Gasteiger partial charge in [0.25, 0.3) is 0 Å². The number of morpholine rings is 1. The van der Waals surface area contributed by atoms with Crippen molar-refractivity contribution in [2.24, 2.45) is 0 Å². The molecule has 0 unspecified atom stereocenters. The van der Waals surface area contributed by atoms with Crippen molar-refractivity contribution in [3.8, 4) is 0 Å². The van der Waals surface area contributed by atoms with E-state index in [0.29, 0.717) is 19.6 Å². The monoisotopic (exact) mass is 327 g/mol. The smallest absolute Gasteiger partial charge is 0.216 e. The van der Waals surface area contributed by atoms with Gasteiger partial charge in [-0.2, -0.15) is 4.31 Å². The Balaban J connectivity index is 2.22. The van der Waals surface area contributed by atoms with Crippen molar-refractivity contribution >= 4 is 10.0 Å². The van der Waals surface area contributed by atoms with Crippen molar-refractivity contribution in [2.45, 2.75) is 38.0 Å². The number of aryl methyl sites for hydroxylation is 1. The summed E-state index contributed by atoms with van der Waals surface area (Å²) in [5.74, 6) is 0. The number of rotatable bonds is 5. The third kappa shape index (κ3) is 3.68. The van der Waals surface area contributed by atoms with Gasteiger partial charge in [-0.15, -0.1) is 0 Å². The zero-order valence-corrected chi connectivity index (χ0v) is 14.3. The third-order valence-corrected chi connectivity index (χ3v) is 6.29. The summed E-state index contributed by atoms with van der Waals surface area (Å²) in [5, 5.41) is 9.38. The largest absolute Gasteiger partial charge is 0.393 e. The van der Waals surface area contributed by atoms with Crippen molar-refractivity contribution in [3.63, 3.8) is 0 Å². The lowest BCUT2D eigenvalue weighted by Gasteiger charge is -2.41. The molecule has 1 aromatic rings. The van der Waals surface area contributed by atoms with Crippen LogP contribution in [0.1, 0.15) is 25.0 Å². The van der Waals surface area contributed by atoms with Crippen LogP contribution in [-0.2, 0) is 21.2 Å². The second-order valence-corrected chi connectivity index (χ2v) is 8.77. The summed E-state index contributed by atoms with van der Waals surface area (Å²) in [6.45, 7) is 5.99. The average Bonchev–Trinajstić information content (AvgIpc) is 2.47. The Labute approximate surface area is 133 Å². The van der Waals surface area contributed by atoms with Crippen LogP contribution in [0.4, 0.5) is 0 Å². The lowest BCUT2D eigenvalue weighted by Crippen LogP contribution is -2.57. The van der Waals surface area contributed by atoms with Crippen LogP contribution in [0.25, 0.3) is 0 Å². The van der Waals surface area contributed by atoms with E-state index in [2.05, 4.69) is 0 Å². The summed E-state index contributed by atoms with van der Waals surface area (Å²) >= 11 is 0.